The zero-order valence-electron chi connectivity index (χ0n) is 11.1. The Balaban J connectivity index is 2.43. The second-order valence-electron chi connectivity index (χ2n) is 4.82. The maximum absolute atomic E-state index is 12.7. The van der Waals surface area contributed by atoms with Gasteiger partial charge in [-0.2, -0.15) is 4.98 Å². The summed E-state index contributed by atoms with van der Waals surface area (Å²) in [7, 11) is 0. The molecule has 4 heteroatoms. The van der Waals surface area contributed by atoms with E-state index in [9.17, 15) is 4.79 Å². The Morgan fingerprint density at radius 3 is 2.68 bits per heavy atom. The van der Waals surface area contributed by atoms with Crippen LogP contribution in [-0.2, 0) is 5.54 Å². The molecule has 1 aliphatic heterocycles. The van der Waals surface area contributed by atoms with E-state index in [0.29, 0.717) is 22.7 Å². The SMILES string of the molecule is C=C1Oc2nc3ccccc3c(=O)n2C1(CC)CC. The highest BCUT2D eigenvalue weighted by molar-refractivity contribution is 5.78. The van der Waals surface area contributed by atoms with Gasteiger partial charge in [-0.25, -0.2) is 4.57 Å². The fraction of sp³-hybridized carbons (Fsp3) is 0.333. The van der Waals surface area contributed by atoms with Crippen LogP contribution in [0.25, 0.3) is 10.9 Å². The fourth-order valence-corrected chi connectivity index (χ4v) is 2.85. The number of allylic oxidation sites excluding steroid dienone is 1. The van der Waals surface area contributed by atoms with E-state index in [1.165, 1.54) is 0 Å². The van der Waals surface area contributed by atoms with Crippen LogP contribution >= 0.6 is 0 Å². The second kappa shape index (κ2) is 3.95. The Hall–Kier alpha value is -2.10. The Morgan fingerprint density at radius 1 is 1.32 bits per heavy atom. The molecule has 3 rings (SSSR count). The van der Waals surface area contributed by atoms with Gasteiger partial charge in [-0.3, -0.25) is 4.79 Å². The van der Waals surface area contributed by atoms with Gasteiger partial charge in [0.05, 0.1) is 10.9 Å². The largest absolute Gasteiger partial charge is 0.428 e. The van der Waals surface area contributed by atoms with Crippen molar-refractivity contribution in [2.45, 2.75) is 32.2 Å². The third-order valence-electron chi connectivity index (χ3n) is 4.08. The van der Waals surface area contributed by atoms with E-state index in [1.54, 1.807) is 10.6 Å². The van der Waals surface area contributed by atoms with E-state index in [1.807, 2.05) is 32.0 Å². The molecule has 0 saturated heterocycles. The van der Waals surface area contributed by atoms with Crippen molar-refractivity contribution in [1.29, 1.82) is 0 Å². The van der Waals surface area contributed by atoms with Crippen LogP contribution < -0.4 is 10.3 Å². The third-order valence-corrected chi connectivity index (χ3v) is 4.08. The van der Waals surface area contributed by atoms with E-state index >= 15 is 0 Å². The van der Waals surface area contributed by atoms with Gasteiger partial charge in [0, 0.05) is 0 Å². The molecule has 0 unspecified atom stereocenters. The van der Waals surface area contributed by atoms with Crippen LogP contribution in [0, 0.1) is 0 Å². The lowest BCUT2D eigenvalue weighted by molar-refractivity contribution is 0.299. The van der Waals surface area contributed by atoms with Gasteiger partial charge >= 0.3 is 6.01 Å². The molecule has 4 nitrogen and oxygen atoms in total. The molecule has 0 N–H and O–H groups in total. The summed E-state index contributed by atoms with van der Waals surface area (Å²) in [4.78, 5) is 17.1. The van der Waals surface area contributed by atoms with Crippen LogP contribution in [0.15, 0.2) is 41.4 Å². The van der Waals surface area contributed by atoms with Gasteiger partial charge in [0.25, 0.3) is 5.56 Å². The topological polar surface area (TPSA) is 44.1 Å². The van der Waals surface area contributed by atoms with E-state index in [-0.39, 0.29) is 5.56 Å². The maximum atomic E-state index is 12.7. The minimum Gasteiger partial charge on any atom is -0.428 e. The minimum absolute atomic E-state index is 0.0528. The van der Waals surface area contributed by atoms with Gasteiger partial charge < -0.3 is 4.74 Å². The lowest BCUT2D eigenvalue weighted by atomic mass is 9.91. The fourth-order valence-electron chi connectivity index (χ4n) is 2.85. The van der Waals surface area contributed by atoms with Gasteiger partial charge in [0.2, 0.25) is 0 Å². The Kier molecular flexibility index (Phi) is 2.49. The van der Waals surface area contributed by atoms with Gasteiger partial charge in [-0.1, -0.05) is 32.6 Å². The highest BCUT2D eigenvalue weighted by Gasteiger charge is 2.43. The molecule has 0 fully saturated rings. The molecule has 0 bridgehead atoms. The molecule has 0 amide bonds. The Morgan fingerprint density at radius 2 is 2.00 bits per heavy atom. The van der Waals surface area contributed by atoms with Gasteiger partial charge in [0.15, 0.2) is 0 Å². The molecule has 98 valence electrons. The van der Waals surface area contributed by atoms with Crippen molar-refractivity contribution in [1.82, 2.24) is 9.55 Å². The standard InChI is InChI=1S/C15H16N2O2/c1-4-15(5-2)10(3)19-14-16-12-9-7-6-8-11(12)13(18)17(14)15/h6-9H,3-5H2,1-2H3. The van der Waals surface area contributed by atoms with Crippen LogP contribution in [0.4, 0.5) is 0 Å². The quantitative estimate of drug-likeness (QED) is 0.830. The Bertz CT molecular complexity index is 726. The van der Waals surface area contributed by atoms with Crippen molar-refractivity contribution in [3.63, 3.8) is 0 Å². The number of ether oxygens (including phenoxy) is 1. The molecule has 0 aliphatic carbocycles. The van der Waals surface area contributed by atoms with Crippen molar-refractivity contribution >= 4 is 10.9 Å². The summed E-state index contributed by atoms with van der Waals surface area (Å²) in [5.41, 5.74) is 0.140. The third kappa shape index (κ3) is 1.40. The number of aromatic nitrogens is 2. The summed E-state index contributed by atoms with van der Waals surface area (Å²) in [6.07, 6.45) is 1.52. The molecule has 1 aromatic carbocycles. The number of benzene rings is 1. The maximum Gasteiger partial charge on any atom is 0.306 e. The summed E-state index contributed by atoms with van der Waals surface area (Å²) in [5, 5.41) is 0.621. The molecule has 2 aromatic rings. The van der Waals surface area contributed by atoms with Crippen molar-refractivity contribution in [2.75, 3.05) is 0 Å². The molecular formula is C15H16N2O2. The first-order valence-electron chi connectivity index (χ1n) is 6.53. The number of nitrogens with zero attached hydrogens (tertiary/aromatic N) is 2. The zero-order chi connectivity index (χ0) is 13.6. The van der Waals surface area contributed by atoms with Crippen molar-refractivity contribution < 1.29 is 4.74 Å². The smallest absolute Gasteiger partial charge is 0.306 e. The molecule has 1 aromatic heterocycles. The first-order chi connectivity index (χ1) is 9.14. The second-order valence-corrected chi connectivity index (χ2v) is 4.82. The summed E-state index contributed by atoms with van der Waals surface area (Å²) < 4.78 is 7.32. The van der Waals surface area contributed by atoms with Gasteiger partial charge in [-0.15, -0.1) is 0 Å². The molecule has 0 spiro atoms. The minimum atomic E-state index is -0.469. The van der Waals surface area contributed by atoms with E-state index < -0.39 is 5.54 Å². The molecule has 0 saturated carbocycles. The monoisotopic (exact) mass is 256 g/mol. The van der Waals surface area contributed by atoms with E-state index in [0.717, 1.165) is 12.8 Å². The van der Waals surface area contributed by atoms with Crippen molar-refractivity contribution in [3.8, 4) is 6.01 Å². The summed E-state index contributed by atoms with van der Waals surface area (Å²) in [5.74, 6) is 0.609. The molecular weight excluding hydrogens is 240 g/mol. The summed E-state index contributed by atoms with van der Waals surface area (Å²) in [6, 6.07) is 7.69. The van der Waals surface area contributed by atoms with Crippen molar-refractivity contribution in [3.05, 3.63) is 47.0 Å². The van der Waals surface area contributed by atoms with Crippen LogP contribution in [-0.4, -0.2) is 9.55 Å². The highest BCUT2D eigenvalue weighted by Crippen LogP contribution is 2.41. The number of hydrogen-bond acceptors (Lipinski definition) is 3. The number of rotatable bonds is 2. The summed E-state index contributed by atoms with van der Waals surface area (Å²) in [6.45, 7) is 8.05. The molecule has 19 heavy (non-hydrogen) atoms. The molecule has 1 aliphatic rings. The predicted octanol–water partition coefficient (Wildman–Crippen LogP) is 2.82. The average molecular weight is 256 g/mol. The number of hydrogen-bond donors (Lipinski definition) is 0. The van der Waals surface area contributed by atoms with Crippen molar-refractivity contribution in [2.24, 2.45) is 0 Å². The van der Waals surface area contributed by atoms with Crippen LogP contribution in [0.2, 0.25) is 0 Å². The number of fused-ring (bicyclic) bond motifs is 2. The van der Waals surface area contributed by atoms with Gasteiger partial charge in [-0.05, 0) is 25.0 Å². The molecule has 0 atom stereocenters. The van der Waals surface area contributed by atoms with Gasteiger partial charge in [0.1, 0.15) is 11.3 Å². The number of para-hydroxylation sites is 1. The average Bonchev–Trinajstić information content (AvgIpc) is 2.71. The highest BCUT2D eigenvalue weighted by atomic mass is 16.5. The molecule has 0 radical (unpaired) electrons. The lowest BCUT2D eigenvalue weighted by Crippen LogP contribution is -2.38. The van der Waals surface area contributed by atoms with E-state index in [2.05, 4.69) is 11.6 Å². The zero-order valence-corrected chi connectivity index (χ0v) is 11.1. The van der Waals surface area contributed by atoms with Crippen LogP contribution in [0.3, 0.4) is 0 Å². The molecule has 2 heterocycles. The van der Waals surface area contributed by atoms with Crippen LogP contribution in [0.1, 0.15) is 26.7 Å². The Labute approximate surface area is 111 Å². The normalized spacial score (nSPS) is 16.4. The predicted molar refractivity (Wildman–Crippen MR) is 74.3 cm³/mol. The summed E-state index contributed by atoms with van der Waals surface area (Å²) >= 11 is 0. The first kappa shape index (κ1) is 12.0. The first-order valence-corrected chi connectivity index (χ1v) is 6.53. The van der Waals surface area contributed by atoms with E-state index in [4.69, 9.17) is 4.74 Å². The van der Waals surface area contributed by atoms with Crippen LogP contribution in [0.5, 0.6) is 6.01 Å². The lowest BCUT2D eigenvalue weighted by Gasteiger charge is -2.26.